The number of carbonyl (C=O) groups is 2. The predicted octanol–water partition coefficient (Wildman–Crippen LogP) is 3.66. The van der Waals surface area contributed by atoms with E-state index in [0.717, 1.165) is 19.3 Å². The molecule has 5 nitrogen and oxygen atoms in total. The molecule has 0 bridgehead atoms. The van der Waals surface area contributed by atoms with Gasteiger partial charge in [0.05, 0.1) is 12.2 Å². The molecule has 0 aromatic carbocycles. The molecular formula is C24H38O5. The highest BCUT2D eigenvalue weighted by molar-refractivity contribution is 5.79. The number of carbonyl (C=O) groups excluding carboxylic acids is 1. The minimum atomic E-state index is -0.755. The van der Waals surface area contributed by atoms with E-state index in [1.807, 2.05) is 0 Å². The van der Waals surface area contributed by atoms with E-state index < -0.39 is 18.2 Å². The van der Waals surface area contributed by atoms with Crippen LogP contribution in [0.1, 0.15) is 78.6 Å². The molecule has 4 aliphatic rings. The molecule has 0 aliphatic heterocycles. The summed E-state index contributed by atoms with van der Waals surface area (Å²) in [6, 6.07) is 0. The van der Waals surface area contributed by atoms with Gasteiger partial charge in [0.15, 0.2) is 0 Å². The fourth-order valence-electron chi connectivity index (χ4n) is 8.50. The first kappa shape index (κ1) is 21.3. The molecule has 4 fully saturated rings. The number of carboxylic acids is 1. The van der Waals surface area contributed by atoms with Crippen LogP contribution >= 0.6 is 0 Å². The van der Waals surface area contributed by atoms with Crippen LogP contribution in [-0.4, -0.2) is 39.3 Å². The van der Waals surface area contributed by atoms with Crippen molar-refractivity contribution < 1.29 is 24.9 Å². The zero-order valence-electron chi connectivity index (χ0n) is 18.1. The first-order valence-corrected chi connectivity index (χ1v) is 11.7. The lowest BCUT2D eigenvalue weighted by atomic mass is 9.43. The highest BCUT2D eigenvalue weighted by atomic mass is 16.4. The number of carboxylic acid groups (broad SMARTS) is 1. The Morgan fingerprint density at radius 1 is 1.17 bits per heavy atom. The molecule has 29 heavy (non-hydrogen) atoms. The van der Waals surface area contributed by atoms with Gasteiger partial charge in [0.25, 0.3) is 0 Å². The molecule has 5 heteroatoms. The van der Waals surface area contributed by atoms with Crippen molar-refractivity contribution in [2.24, 2.45) is 46.3 Å². The number of Topliss-reactive ketones (excluding diaryl/α,β-unsaturated/α-hetero) is 1. The van der Waals surface area contributed by atoms with Crippen molar-refractivity contribution in [2.45, 2.75) is 90.8 Å². The third-order valence-corrected chi connectivity index (χ3v) is 10.2. The molecule has 0 amide bonds. The van der Waals surface area contributed by atoms with E-state index in [1.54, 1.807) is 0 Å². The number of aliphatic carboxylic acids is 1. The number of ketones is 1. The number of fused-ring (bicyclic) bond motifs is 5. The van der Waals surface area contributed by atoms with Crippen molar-refractivity contribution in [2.75, 3.05) is 0 Å². The Bertz CT molecular complexity index is 676. The van der Waals surface area contributed by atoms with E-state index in [0.29, 0.717) is 43.8 Å². The highest BCUT2D eigenvalue weighted by Gasteiger charge is 2.65. The van der Waals surface area contributed by atoms with Crippen LogP contribution in [0.4, 0.5) is 0 Å². The summed E-state index contributed by atoms with van der Waals surface area (Å²) in [5.74, 6) is 1.10. The predicted molar refractivity (Wildman–Crippen MR) is 109 cm³/mol. The monoisotopic (exact) mass is 406 g/mol. The average Bonchev–Trinajstić information content (AvgIpc) is 3.01. The molecule has 164 valence electrons. The van der Waals surface area contributed by atoms with Crippen molar-refractivity contribution >= 4 is 11.8 Å². The fraction of sp³-hybridized carbons (Fsp3) is 0.917. The number of rotatable bonds is 4. The van der Waals surface area contributed by atoms with Crippen LogP contribution in [0.3, 0.4) is 0 Å². The van der Waals surface area contributed by atoms with Gasteiger partial charge in [0.2, 0.25) is 0 Å². The van der Waals surface area contributed by atoms with Gasteiger partial charge in [-0.1, -0.05) is 20.8 Å². The summed E-state index contributed by atoms with van der Waals surface area (Å²) in [5, 5.41) is 31.8. The molecule has 0 aromatic heterocycles. The Labute approximate surface area is 174 Å². The maximum Gasteiger partial charge on any atom is 0.303 e. The molecule has 10 atom stereocenters. The lowest BCUT2D eigenvalue weighted by Crippen LogP contribution is -2.62. The van der Waals surface area contributed by atoms with Crippen LogP contribution in [0.25, 0.3) is 0 Å². The largest absolute Gasteiger partial charge is 0.481 e. The number of aliphatic hydroxyl groups is 2. The second-order valence-corrected chi connectivity index (χ2v) is 11.2. The summed E-state index contributed by atoms with van der Waals surface area (Å²) in [7, 11) is 0. The van der Waals surface area contributed by atoms with Gasteiger partial charge in [-0.05, 0) is 84.9 Å². The molecule has 0 radical (unpaired) electrons. The second kappa shape index (κ2) is 7.33. The molecular weight excluding hydrogens is 368 g/mol. The summed E-state index contributed by atoms with van der Waals surface area (Å²) in [5.41, 5.74) is -0.221. The molecule has 0 spiro atoms. The quantitative estimate of drug-likeness (QED) is 0.662. The zero-order chi connectivity index (χ0) is 21.1. The Kier molecular flexibility index (Phi) is 5.39. The standard InChI is InChI=1S/C24H38O5/c1-13(4-7-21(28)29)16-5-6-17-22-18(12-20(27)24(16,17)3)23(2)9-8-15(25)10-14(23)11-19(22)26/h13-14,16-20,22,26-27H,4-12H2,1-3H3,(H,28,29)/t13-,14+,16-,17+,18+,19-,20+,22?,23+,24-/m1/s1. The molecule has 4 rings (SSSR count). The smallest absolute Gasteiger partial charge is 0.303 e. The maximum absolute atomic E-state index is 12.1. The van der Waals surface area contributed by atoms with E-state index in [-0.39, 0.29) is 46.8 Å². The zero-order valence-corrected chi connectivity index (χ0v) is 18.1. The molecule has 4 saturated carbocycles. The number of hydrogen-bond acceptors (Lipinski definition) is 4. The minimum absolute atomic E-state index is 0.0348. The minimum Gasteiger partial charge on any atom is -0.481 e. The van der Waals surface area contributed by atoms with Crippen molar-refractivity contribution in [3.05, 3.63) is 0 Å². The molecule has 3 N–H and O–H groups in total. The van der Waals surface area contributed by atoms with Gasteiger partial charge in [-0.15, -0.1) is 0 Å². The van der Waals surface area contributed by atoms with Crippen LogP contribution in [0.2, 0.25) is 0 Å². The molecule has 0 heterocycles. The van der Waals surface area contributed by atoms with E-state index in [2.05, 4.69) is 20.8 Å². The van der Waals surface area contributed by atoms with Gasteiger partial charge in [0, 0.05) is 19.3 Å². The number of hydrogen-bond donors (Lipinski definition) is 3. The second-order valence-electron chi connectivity index (χ2n) is 11.2. The van der Waals surface area contributed by atoms with Crippen molar-refractivity contribution in [1.82, 2.24) is 0 Å². The molecule has 4 aliphatic carbocycles. The summed E-state index contributed by atoms with van der Waals surface area (Å²) in [4.78, 5) is 23.1. The van der Waals surface area contributed by atoms with Crippen molar-refractivity contribution in [3.63, 3.8) is 0 Å². The SMILES string of the molecule is C[C@H](CCC(=O)O)[C@H]1CC[C@H]2C3[C@H](O)C[C@@H]4CC(=O)CC[C@]4(C)[C@H]3C[C@H](O)[C@]12C. The normalized spacial score (nSPS) is 50.4. The van der Waals surface area contributed by atoms with Gasteiger partial charge in [0.1, 0.15) is 5.78 Å². The van der Waals surface area contributed by atoms with Crippen LogP contribution in [0.15, 0.2) is 0 Å². The Morgan fingerprint density at radius 2 is 1.90 bits per heavy atom. The van der Waals surface area contributed by atoms with Gasteiger partial charge < -0.3 is 15.3 Å². The van der Waals surface area contributed by atoms with Gasteiger partial charge >= 0.3 is 5.97 Å². The van der Waals surface area contributed by atoms with E-state index in [4.69, 9.17) is 5.11 Å². The molecule has 1 unspecified atom stereocenters. The average molecular weight is 407 g/mol. The summed E-state index contributed by atoms with van der Waals surface area (Å²) >= 11 is 0. The Morgan fingerprint density at radius 3 is 2.59 bits per heavy atom. The summed E-state index contributed by atoms with van der Waals surface area (Å²) in [6.07, 6.45) is 5.56. The third kappa shape index (κ3) is 3.18. The van der Waals surface area contributed by atoms with Crippen LogP contribution in [0.5, 0.6) is 0 Å². The van der Waals surface area contributed by atoms with E-state index in [9.17, 15) is 19.8 Å². The lowest BCUT2D eigenvalue weighted by molar-refractivity contribution is -0.201. The number of aliphatic hydroxyl groups excluding tert-OH is 2. The molecule has 0 saturated heterocycles. The Hall–Kier alpha value is -0.940. The van der Waals surface area contributed by atoms with Crippen molar-refractivity contribution in [3.8, 4) is 0 Å². The van der Waals surface area contributed by atoms with Crippen LogP contribution < -0.4 is 0 Å². The maximum atomic E-state index is 12.1. The Balaban J connectivity index is 1.61. The highest BCUT2D eigenvalue weighted by Crippen LogP contribution is 2.68. The van der Waals surface area contributed by atoms with Crippen molar-refractivity contribution in [1.29, 1.82) is 0 Å². The van der Waals surface area contributed by atoms with Crippen LogP contribution in [-0.2, 0) is 9.59 Å². The fourth-order valence-corrected chi connectivity index (χ4v) is 8.50. The third-order valence-electron chi connectivity index (χ3n) is 10.2. The van der Waals surface area contributed by atoms with Gasteiger partial charge in [-0.25, -0.2) is 0 Å². The van der Waals surface area contributed by atoms with Gasteiger partial charge in [-0.3, -0.25) is 9.59 Å². The van der Waals surface area contributed by atoms with E-state index >= 15 is 0 Å². The van der Waals surface area contributed by atoms with Crippen LogP contribution in [0, 0.1) is 46.3 Å². The van der Waals surface area contributed by atoms with E-state index in [1.165, 1.54) is 0 Å². The summed E-state index contributed by atoms with van der Waals surface area (Å²) in [6.45, 7) is 6.66. The lowest BCUT2D eigenvalue weighted by Gasteiger charge is -2.63. The topological polar surface area (TPSA) is 94.8 Å². The van der Waals surface area contributed by atoms with Gasteiger partial charge in [-0.2, -0.15) is 0 Å². The summed E-state index contributed by atoms with van der Waals surface area (Å²) < 4.78 is 0. The first-order valence-electron chi connectivity index (χ1n) is 11.7. The first-order chi connectivity index (χ1) is 13.6. The molecule has 0 aromatic rings.